The number of rotatable bonds is 3. The lowest BCUT2D eigenvalue weighted by Crippen LogP contribution is -2.26. The molecule has 1 N–H and O–H groups in total. The van der Waals surface area contributed by atoms with Gasteiger partial charge >= 0.3 is 0 Å². The van der Waals surface area contributed by atoms with Crippen molar-refractivity contribution in [2.24, 2.45) is 11.3 Å². The second-order valence-corrected chi connectivity index (χ2v) is 4.54. The van der Waals surface area contributed by atoms with Gasteiger partial charge in [-0.15, -0.1) is 0 Å². The first-order valence-electron chi connectivity index (χ1n) is 4.58. The molecule has 0 saturated heterocycles. The van der Waals surface area contributed by atoms with Crippen LogP contribution in [-0.2, 0) is 4.79 Å². The van der Waals surface area contributed by atoms with Gasteiger partial charge in [-0.3, -0.25) is 4.79 Å². The molecule has 1 amide bonds. The number of hydrogen-bond acceptors (Lipinski definition) is 1. The Morgan fingerprint density at radius 1 is 1.42 bits per heavy atom. The minimum atomic E-state index is 0.0658. The molecular formula is C10H21NO. The number of carbonyl (C=O) groups excluding carboxylic acids is 1. The summed E-state index contributed by atoms with van der Waals surface area (Å²) in [5, 5.41) is 2.81. The van der Waals surface area contributed by atoms with Gasteiger partial charge < -0.3 is 5.32 Å². The van der Waals surface area contributed by atoms with Crippen molar-refractivity contribution in [3.8, 4) is 0 Å². The molecular weight excluding hydrogens is 150 g/mol. The summed E-state index contributed by atoms with van der Waals surface area (Å²) in [6.45, 7) is 11.3. The predicted molar refractivity (Wildman–Crippen MR) is 51.9 cm³/mol. The van der Waals surface area contributed by atoms with Crippen molar-refractivity contribution in [1.29, 1.82) is 0 Å². The molecule has 0 heterocycles. The summed E-state index contributed by atoms with van der Waals surface area (Å²) >= 11 is 0. The number of nitrogens with one attached hydrogen (secondary N) is 1. The molecule has 0 spiro atoms. The topological polar surface area (TPSA) is 29.1 Å². The number of carbonyl (C=O) groups is 1. The van der Waals surface area contributed by atoms with Crippen LogP contribution in [0.5, 0.6) is 0 Å². The minimum Gasteiger partial charge on any atom is -0.356 e. The van der Waals surface area contributed by atoms with Gasteiger partial charge in [-0.25, -0.2) is 0 Å². The van der Waals surface area contributed by atoms with Gasteiger partial charge in [0, 0.05) is 13.5 Å². The maximum Gasteiger partial charge on any atom is 0.216 e. The molecule has 1 atom stereocenters. The fourth-order valence-electron chi connectivity index (χ4n) is 0.898. The highest BCUT2D eigenvalue weighted by atomic mass is 16.1. The fourth-order valence-corrected chi connectivity index (χ4v) is 0.898. The lowest BCUT2D eigenvalue weighted by atomic mass is 9.80. The van der Waals surface area contributed by atoms with Crippen LogP contribution in [0.1, 0.15) is 41.0 Å². The summed E-state index contributed by atoms with van der Waals surface area (Å²) < 4.78 is 0. The third-order valence-corrected chi connectivity index (χ3v) is 2.43. The van der Waals surface area contributed by atoms with Crippen LogP contribution < -0.4 is 5.32 Å². The zero-order chi connectivity index (χ0) is 9.78. The predicted octanol–water partition coefficient (Wildman–Crippen LogP) is 2.19. The van der Waals surface area contributed by atoms with Crippen LogP contribution in [0.15, 0.2) is 0 Å². The van der Waals surface area contributed by atoms with E-state index in [9.17, 15) is 4.79 Å². The van der Waals surface area contributed by atoms with Crippen molar-refractivity contribution < 1.29 is 4.79 Å². The van der Waals surface area contributed by atoms with Gasteiger partial charge in [-0.1, -0.05) is 27.7 Å². The van der Waals surface area contributed by atoms with Crippen molar-refractivity contribution in [2.45, 2.75) is 41.0 Å². The summed E-state index contributed by atoms with van der Waals surface area (Å²) in [6, 6.07) is 0. The van der Waals surface area contributed by atoms with Gasteiger partial charge in [0.15, 0.2) is 0 Å². The molecule has 72 valence electrons. The third-order valence-electron chi connectivity index (χ3n) is 2.43. The standard InChI is InChI=1S/C10H21NO/c1-8(10(3,4)5)6-7-11-9(2)12/h8H,6-7H2,1-5H3,(H,11,12)/t8-/m1/s1. The Hall–Kier alpha value is -0.530. The zero-order valence-electron chi connectivity index (χ0n) is 8.90. The molecule has 0 aromatic carbocycles. The van der Waals surface area contributed by atoms with Gasteiger partial charge in [-0.2, -0.15) is 0 Å². The smallest absolute Gasteiger partial charge is 0.216 e. The van der Waals surface area contributed by atoms with E-state index >= 15 is 0 Å². The molecule has 12 heavy (non-hydrogen) atoms. The van der Waals surface area contributed by atoms with Crippen molar-refractivity contribution in [1.82, 2.24) is 5.32 Å². The van der Waals surface area contributed by atoms with E-state index in [0.717, 1.165) is 13.0 Å². The first-order chi connectivity index (χ1) is 5.34. The summed E-state index contributed by atoms with van der Waals surface area (Å²) in [5.41, 5.74) is 0.346. The quantitative estimate of drug-likeness (QED) is 0.693. The first-order valence-corrected chi connectivity index (χ1v) is 4.58. The largest absolute Gasteiger partial charge is 0.356 e. The fraction of sp³-hybridized carbons (Fsp3) is 0.900. The average Bonchev–Trinajstić information content (AvgIpc) is 1.84. The molecule has 0 fully saturated rings. The van der Waals surface area contributed by atoms with Crippen LogP contribution in [0.2, 0.25) is 0 Å². The Morgan fingerprint density at radius 3 is 2.25 bits per heavy atom. The van der Waals surface area contributed by atoms with Crippen LogP contribution >= 0.6 is 0 Å². The Balaban J connectivity index is 3.58. The maximum atomic E-state index is 10.6. The van der Waals surface area contributed by atoms with Gasteiger partial charge in [-0.05, 0) is 17.8 Å². The SMILES string of the molecule is CC(=O)NCC[C@@H](C)C(C)(C)C. The van der Waals surface area contributed by atoms with Crippen molar-refractivity contribution in [3.63, 3.8) is 0 Å². The van der Waals surface area contributed by atoms with Gasteiger partial charge in [0.25, 0.3) is 0 Å². The summed E-state index contributed by atoms with van der Waals surface area (Å²) in [5.74, 6) is 0.709. The molecule has 0 saturated carbocycles. The van der Waals surface area contributed by atoms with Crippen LogP contribution in [-0.4, -0.2) is 12.5 Å². The number of hydrogen-bond donors (Lipinski definition) is 1. The molecule has 2 nitrogen and oxygen atoms in total. The molecule has 0 unspecified atom stereocenters. The Labute approximate surface area is 75.7 Å². The number of amides is 1. The van der Waals surface area contributed by atoms with E-state index in [2.05, 4.69) is 33.0 Å². The highest BCUT2D eigenvalue weighted by molar-refractivity contribution is 5.72. The van der Waals surface area contributed by atoms with E-state index < -0.39 is 0 Å². The molecule has 0 aromatic rings. The van der Waals surface area contributed by atoms with Crippen LogP contribution in [0.3, 0.4) is 0 Å². The van der Waals surface area contributed by atoms with Crippen molar-refractivity contribution in [3.05, 3.63) is 0 Å². The van der Waals surface area contributed by atoms with E-state index in [4.69, 9.17) is 0 Å². The van der Waals surface area contributed by atoms with E-state index in [1.54, 1.807) is 6.92 Å². The summed E-state index contributed by atoms with van der Waals surface area (Å²) in [7, 11) is 0. The lowest BCUT2D eigenvalue weighted by molar-refractivity contribution is -0.119. The summed E-state index contributed by atoms with van der Waals surface area (Å²) in [6.07, 6.45) is 1.06. The molecule has 0 rings (SSSR count). The van der Waals surface area contributed by atoms with E-state index in [1.807, 2.05) is 0 Å². The lowest BCUT2D eigenvalue weighted by Gasteiger charge is -2.27. The van der Waals surface area contributed by atoms with Gasteiger partial charge in [0.1, 0.15) is 0 Å². The molecule has 0 bridgehead atoms. The molecule has 0 aliphatic heterocycles. The second kappa shape index (κ2) is 4.48. The highest BCUT2D eigenvalue weighted by Gasteiger charge is 2.19. The van der Waals surface area contributed by atoms with E-state index in [-0.39, 0.29) is 5.91 Å². The van der Waals surface area contributed by atoms with Crippen molar-refractivity contribution >= 4 is 5.91 Å². The Morgan fingerprint density at radius 2 is 1.92 bits per heavy atom. The normalized spacial score (nSPS) is 14.1. The minimum absolute atomic E-state index is 0.0658. The van der Waals surface area contributed by atoms with E-state index in [0.29, 0.717) is 11.3 Å². The monoisotopic (exact) mass is 171 g/mol. The van der Waals surface area contributed by atoms with E-state index in [1.165, 1.54) is 0 Å². The molecule has 0 aliphatic rings. The van der Waals surface area contributed by atoms with Gasteiger partial charge in [0.05, 0.1) is 0 Å². The highest BCUT2D eigenvalue weighted by Crippen LogP contribution is 2.27. The average molecular weight is 171 g/mol. The molecule has 0 aliphatic carbocycles. The second-order valence-electron chi connectivity index (χ2n) is 4.54. The van der Waals surface area contributed by atoms with Gasteiger partial charge in [0.2, 0.25) is 5.91 Å². The third kappa shape index (κ3) is 5.16. The molecule has 0 aromatic heterocycles. The zero-order valence-corrected chi connectivity index (χ0v) is 8.90. The van der Waals surface area contributed by atoms with Crippen LogP contribution in [0, 0.1) is 11.3 Å². The Kier molecular flexibility index (Phi) is 4.29. The molecule has 0 radical (unpaired) electrons. The maximum absolute atomic E-state index is 10.6. The van der Waals surface area contributed by atoms with Crippen LogP contribution in [0.25, 0.3) is 0 Å². The Bertz CT molecular complexity index is 146. The van der Waals surface area contributed by atoms with Crippen molar-refractivity contribution in [2.75, 3.05) is 6.54 Å². The first kappa shape index (κ1) is 11.5. The molecule has 2 heteroatoms. The van der Waals surface area contributed by atoms with Crippen LogP contribution in [0.4, 0.5) is 0 Å². The summed E-state index contributed by atoms with van der Waals surface area (Å²) in [4.78, 5) is 10.6.